The second-order valence-electron chi connectivity index (χ2n) is 3.70. The molecule has 0 fully saturated rings. The van der Waals surface area contributed by atoms with Crippen molar-refractivity contribution in [2.24, 2.45) is 0 Å². The van der Waals surface area contributed by atoms with E-state index in [9.17, 15) is 9.50 Å². The molecule has 82 valence electrons. The van der Waals surface area contributed by atoms with Crippen molar-refractivity contribution in [2.75, 3.05) is 6.61 Å². The van der Waals surface area contributed by atoms with Gasteiger partial charge in [-0.05, 0) is 36.6 Å². The van der Waals surface area contributed by atoms with Gasteiger partial charge in [-0.15, -0.1) is 0 Å². The molecule has 0 aliphatic carbocycles. The smallest absolute Gasteiger partial charge is 0.127 e. The van der Waals surface area contributed by atoms with Crippen LogP contribution in [0.25, 0.3) is 0 Å². The van der Waals surface area contributed by atoms with Gasteiger partial charge in [-0.25, -0.2) is 4.39 Å². The number of fused-ring (bicyclic) bond motifs is 1. The van der Waals surface area contributed by atoms with Gasteiger partial charge in [0.1, 0.15) is 23.8 Å². The van der Waals surface area contributed by atoms with Crippen molar-refractivity contribution in [3.63, 3.8) is 0 Å². The van der Waals surface area contributed by atoms with Gasteiger partial charge >= 0.3 is 0 Å². The van der Waals surface area contributed by atoms with Crippen LogP contribution in [-0.2, 0) is 6.42 Å². The predicted octanol–water partition coefficient (Wildman–Crippen LogP) is 0.872. The van der Waals surface area contributed by atoms with E-state index in [1.54, 1.807) is 6.07 Å². The minimum atomic E-state index is -0.872. The van der Waals surface area contributed by atoms with Crippen LogP contribution in [0.1, 0.15) is 12.0 Å². The summed E-state index contributed by atoms with van der Waals surface area (Å²) in [5, 5.41) is 18.2. The highest BCUT2D eigenvalue weighted by molar-refractivity contribution is 5.35. The second kappa shape index (κ2) is 4.16. The molecule has 0 spiro atoms. The Labute approximate surface area is 87.1 Å². The summed E-state index contributed by atoms with van der Waals surface area (Å²) in [5.74, 6) is 0.318. The van der Waals surface area contributed by atoms with Crippen LogP contribution in [0.2, 0.25) is 0 Å². The van der Waals surface area contributed by atoms with Crippen LogP contribution in [0.4, 0.5) is 4.39 Å². The third-order valence-electron chi connectivity index (χ3n) is 2.62. The van der Waals surface area contributed by atoms with Crippen LogP contribution < -0.4 is 4.74 Å². The van der Waals surface area contributed by atoms with Crippen LogP contribution in [-0.4, -0.2) is 29.0 Å². The molecule has 0 amide bonds. The molecule has 0 bridgehead atoms. The fraction of sp³-hybridized carbons (Fsp3) is 0.455. The monoisotopic (exact) mass is 212 g/mol. The third-order valence-corrected chi connectivity index (χ3v) is 2.62. The summed E-state index contributed by atoms with van der Waals surface area (Å²) in [6.45, 7) is -0.318. The number of aliphatic hydroxyl groups excluding tert-OH is 2. The van der Waals surface area contributed by atoms with Crippen molar-refractivity contribution < 1.29 is 19.3 Å². The lowest BCUT2D eigenvalue weighted by molar-refractivity contribution is -0.00965. The zero-order valence-corrected chi connectivity index (χ0v) is 8.19. The van der Waals surface area contributed by atoms with Crippen LogP contribution in [0.15, 0.2) is 18.2 Å². The highest BCUT2D eigenvalue weighted by Crippen LogP contribution is 2.29. The summed E-state index contributed by atoms with van der Waals surface area (Å²) in [6, 6.07) is 4.32. The maximum atomic E-state index is 12.9. The quantitative estimate of drug-likeness (QED) is 0.764. The molecule has 0 saturated heterocycles. The predicted molar refractivity (Wildman–Crippen MR) is 52.2 cm³/mol. The molecule has 2 N–H and O–H groups in total. The first-order valence-electron chi connectivity index (χ1n) is 4.94. The molecule has 1 aromatic rings. The Morgan fingerprint density at radius 3 is 3.07 bits per heavy atom. The Hall–Kier alpha value is -1.13. The molecular weight excluding hydrogens is 199 g/mol. The molecule has 0 unspecified atom stereocenters. The molecule has 0 radical (unpaired) electrons. The van der Waals surface area contributed by atoms with Crippen molar-refractivity contribution in [1.29, 1.82) is 0 Å². The van der Waals surface area contributed by atoms with Gasteiger partial charge in [-0.3, -0.25) is 0 Å². The van der Waals surface area contributed by atoms with Crippen molar-refractivity contribution in [2.45, 2.75) is 25.0 Å². The van der Waals surface area contributed by atoms with E-state index in [1.165, 1.54) is 12.1 Å². The maximum Gasteiger partial charge on any atom is 0.127 e. The van der Waals surface area contributed by atoms with Gasteiger partial charge in [0.25, 0.3) is 0 Å². The van der Waals surface area contributed by atoms with E-state index < -0.39 is 12.2 Å². The molecule has 15 heavy (non-hydrogen) atoms. The summed E-state index contributed by atoms with van der Waals surface area (Å²) in [5.41, 5.74) is 0.816. The Morgan fingerprint density at radius 2 is 2.33 bits per heavy atom. The molecule has 1 aliphatic rings. The van der Waals surface area contributed by atoms with E-state index >= 15 is 0 Å². The van der Waals surface area contributed by atoms with Gasteiger partial charge in [-0.2, -0.15) is 0 Å². The molecular formula is C11H13FO3. The highest BCUT2D eigenvalue weighted by Gasteiger charge is 2.25. The van der Waals surface area contributed by atoms with Crippen LogP contribution in [0.3, 0.4) is 0 Å². The van der Waals surface area contributed by atoms with Crippen molar-refractivity contribution in [3.8, 4) is 5.75 Å². The minimum absolute atomic E-state index is 0.279. The number of benzene rings is 1. The standard InChI is InChI=1S/C11H13FO3/c12-8-2-4-10-7(5-8)1-3-11(15-10)9(14)6-13/h2,4-5,9,11,13-14H,1,3,6H2/t9-,11-/m1/s1. The second-order valence-corrected chi connectivity index (χ2v) is 3.70. The summed E-state index contributed by atoms with van der Waals surface area (Å²) < 4.78 is 18.3. The van der Waals surface area contributed by atoms with Crippen LogP contribution in [0, 0.1) is 5.82 Å². The van der Waals surface area contributed by atoms with Crippen molar-refractivity contribution >= 4 is 0 Å². The topological polar surface area (TPSA) is 49.7 Å². The number of aryl methyl sites for hydroxylation is 1. The SMILES string of the molecule is OC[C@@H](O)[C@H]1CCc2cc(F)ccc2O1. The molecule has 4 heteroatoms. The molecule has 1 aliphatic heterocycles. The Bertz CT molecular complexity index is 354. The summed E-state index contributed by atoms with van der Waals surface area (Å²) in [7, 11) is 0. The van der Waals surface area contributed by atoms with Gasteiger partial charge in [0.05, 0.1) is 6.61 Å². The van der Waals surface area contributed by atoms with Crippen molar-refractivity contribution in [3.05, 3.63) is 29.6 Å². The number of aliphatic hydroxyl groups is 2. The van der Waals surface area contributed by atoms with Crippen LogP contribution >= 0.6 is 0 Å². The lowest BCUT2D eigenvalue weighted by atomic mass is 9.99. The fourth-order valence-corrected chi connectivity index (χ4v) is 1.77. The van der Waals surface area contributed by atoms with Gasteiger partial charge in [0, 0.05) is 0 Å². The van der Waals surface area contributed by atoms with Gasteiger partial charge in [0.2, 0.25) is 0 Å². The lowest BCUT2D eigenvalue weighted by Crippen LogP contribution is -2.37. The average molecular weight is 212 g/mol. The number of rotatable bonds is 2. The molecule has 1 heterocycles. The summed E-state index contributed by atoms with van der Waals surface area (Å²) >= 11 is 0. The first-order chi connectivity index (χ1) is 7.20. The normalized spacial score (nSPS) is 21.7. The molecule has 2 rings (SSSR count). The van der Waals surface area contributed by atoms with Crippen molar-refractivity contribution in [1.82, 2.24) is 0 Å². The first-order valence-corrected chi connectivity index (χ1v) is 4.94. The lowest BCUT2D eigenvalue weighted by Gasteiger charge is -2.28. The number of ether oxygens (including phenoxy) is 1. The summed E-state index contributed by atoms with van der Waals surface area (Å²) in [6.07, 6.45) is -0.0105. The Kier molecular flexibility index (Phi) is 2.88. The minimum Gasteiger partial charge on any atom is -0.487 e. The zero-order chi connectivity index (χ0) is 10.8. The van der Waals surface area contributed by atoms with Crippen LogP contribution in [0.5, 0.6) is 5.75 Å². The van der Waals surface area contributed by atoms with Gasteiger partial charge in [0.15, 0.2) is 0 Å². The molecule has 0 aromatic heterocycles. The first kappa shape index (κ1) is 10.4. The van der Waals surface area contributed by atoms with E-state index in [1.807, 2.05) is 0 Å². The van der Waals surface area contributed by atoms with E-state index in [0.717, 1.165) is 5.56 Å². The molecule has 2 atom stereocenters. The summed E-state index contributed by atoms with van der Waals surface area (Å²) in [4.78, 5) is 0. The number of hydrogen-bond acceptors (Lipinski definition) is 3. The maximum absolute atomic E-state index is 12.9. The Morgan fingerprint density at radius 1 is 1.53 bits per heavy atom. The van der Waals surface area contributed by atoms with Gasteiger partial charge in [-0.1, -0.05) is 0 Å². The van der Waals surface area contributed by atoms with E-state index in [0.29, 0.717) is 18.6 Å². The number of hydrogen-bond donors (Lipinski definition) is 2. The Balaban J connectivity index is 2.16. The van der Waals surface area contributed by atoms with E-state index in [2.05, 4.69) is 0 Å². The van der Waals surface area contributed by atoms with Gasteiger partial charge < -0.3 is 14.9 Å². The fourth-order valence-electron chi connectivity index (χ4n) is 1.77. The largest absolute Gasteiger partial charge is 0.487 e. The average Bonchev–Trinajstić information content (AvgIpc) is 2.27. The highest BCUT2D eigenvalue weighted by atomic mass is 19.1. The third kappa shape index (κ3) is 2.11. The zero-order valence-electron chi connectivity index (χ0n) is 8.19. The number of halogens is 1. The van der Waals surface area contributed by atoms with E-state index in [-0.39, 0.29) is 12.4 Å². The molecule has 0 saturated carbocycles. The van der Waals surface area contributed by atoms with E-state index in [4.69, 9.17) is 9.84 Å². The molecule has 1 aromatic carbocycles. The molecule has 3 nitrogen and oxygen atoms in total.